The number of ether oxygens (including phenoxy) is 1. The molecule has 0 aliphatic heterocycles. The molecule has 1 aromatic rings. The van der Waals surface area contributed by atoms with Gasteiger partial charge < -0.3 is 9.84 Å². The topological polar surface area (TPSA) is 93.0 Å². The Morgan fingerprint density at radius 2 is 1.71 bits per heavy atom. The van der Waals surface area contributed by atoms with Crippen molar-refractivity contribution in [3.05, 3.63) is 45.0 Å². The molecule has 0 aliphatic rings. The second-order valence-electron chi connectivity index (χ2n) is 4.61. The summed E-state index contributed by atoms with van der Waals surface area (Å²) in [5.74, 6) is -3.09. The molecule has 112 valence electrons. The van der Waals surface area contributed by atoms with E-state index in [1.165, 1.54) is 6.92 Å². The maximum Gasteiger partial charge on any atom is 0.381 e. The highest BCUT2D eigenvalue weighted by atomic mass is 16.5. The average Bonchev–Trinajstić information content (AvgIpc) is 2.38. The van der Waals surface area contributed by atoms with Gasteiger partial charge in [-0.1, -0.05) is 17.7 Å². The molecule has 0 radical (unpaired) electrons. The van der Waals surface area contributed by atoms with E-state index in [0.29, 0.717) is 16.7 Å². The number of aryl methyl sites for hydroxylation is 3. The van der Waals surface area contributed by atoms with E-state index < -0.39 is 23.2 Å². The molecule has 0 heterocycles. The summed E-state index contributed by atoms with van der Waals surface area (Å²) in [5.41, 5.74) is 1.78. The molecule has 0 amide bonds. The first kappa shape index (κ1) is 16.6. The van der Waals surface area contributed by atoms with Crippen LogP contribution in [0.2, 0.25) is 0 Å². The van der Waals surface area contributed by atoms with Crippen LogP contribution in [0.25, 0.3) is 5.76 Å². The minimum Gasteiger partial charge on any atom is -0.505 e. The molecule has 0 atom stereocenters. The van der Waals surface area contributed by atoms with E-state index in [1.807, 2.05) is 6.92 Å². The molecule has 6 heteroatoms. The van der Waals surface area contributed by atoms with Crippen LogP contribution in [0.1, 0.15) is 29.2 Å². The SMILES string of the molecule is CCOC(=O)C(=O)C(N=O)=C(O)c1c(C)cc(C)cc1C. The third-order valence-electron chi connectivity index (χ3n) is 2.91. The molecular formula is C15H17NO5. The van der Waals surface area contributed by atoms with Crippen LogP contribution in [0.3, 0.4) is 0 Å². The molecular weight excluding hydrogens is 274 g/mol. The fourth-order valence-corrected chi connectivity index (χ4v) is 2.16. The number of Topliss-reactive ketones (excluding diaryl/α,β-unsaturated/α-hetero) is 1. The third kappa shape index (κ3) is 3.53. The van der Waals surface area contributed by atoms with Gasteiger partial charge in [0.15, 0.2) is 5.76 Å². The molecule has 0 fully saturated rings. The lowest BCUT2D eigenvalue weighted by Crippen LogP contribution is -2.19. The Balaban J connectivity index is 3.42. The van der Waals surface area contributed by atoms with Gasteiger partial charge in [0.05, 0.1) is 6.61 Å². The summed E-state index contributed by atoms with van der Waals surface area (Å²) >= 11 is 0. The van der Waals surface area contributed by atoms with Gasteiger partial charge in [-0.25, -0.2) is 4.79 Å². The van der Waals surface area contributed by atoms with Gasteiger partial charge in [-0.2, -0.15) is 0 Å². The van der Waals surface area contributed by atoms with Gasteiger partial charge in [0.2, 0.25) is 5.70 Å². The van der Waals surface area contributed by atoms with Gasteiger partial charge in [0.25, 0.3) is 5.78 Å². The number of carbonyl (C=O) groups is 2. The highest BCUT2D eigenvalue weighted by molar-refractivity contribution is 6.41. The van der Waals surface area contributed by atoms with Gasteiger partial charge in [0, 0.05) is 5.56 Å². The highest BCUT2D eigenvalue weighted by Crippen LogP contribution is 2.26. The van der Waals surface area contributed by atoms with E-state index >= 15 is 0 Å². The number of hydrogen-bond donors (Lipinski definition) is 1. The molecule has 0 saturated carbocycles. The molecule has 0 aliphatic carbocycles. The fourth-order valence-electron chi connectivity index (χ4n) is 2.16. The van der Waals surface area contributed by atoms with Crippen molar-refractivity contribution in [3.63, 3.8) is 0 Å². The first-order valence-electron chi connectivity index (χ1n) is 6.39. The maximum absolute atomic E-state index is 11.8. The fraction of sp³-hybridized carbons (Fsp3) is 0.333. The van der Waals surface area contributed by atoms with Crippen LogP contribution in [-0.2, 0) is 14.3 Å². The van der Waals surface area contributed by atoms with Crippen LogP contribution < -0.4 is 0 Å². The van der Waals surface area contributed by atoms with Gasteiger partial charge in [-0.05, 0) is 44.0 Å². The summed E-state index contributed by atoms with van der Waals surface area (Å²) in [7, 11) is 0. The predicted molar refractivity (Wildman–Crippen MR) is 77.6 cm³/mol. The van der Waals surface area contributed by atoms with E-state index in [0.717, 1.165) is 5.56 Å². The average molecular weight is 291 g/mol. The molecule has 0 aromatic heterocycles. The second-order valence-corrected chi connectivity index (χ2v) is 4.61. The molecule has 0 unspecified atom stereocenters. The Labute approximate surface area is 122 Å². The second kappa shape index (κ2) is 6.78. The molecule has 21 heavy (non-hydrogen) atoms. The molecule has 1 rings (SSSR count). The minimum atomic E-state index is -1.26. The minimum absolute atomic E-state index is 0.0138. The zero-order chi connectivity index (χ0) is 16.2. The first-order valence-corrected chi connectivity index (χ1v) is 6.39. The Hall–Kier alpha value is -2.50. The van der Waals surface area contributed by atoms with Crippen molar-refractivity contribution in [2.75, 3.05) is 6.61 Å². The Morgan fingerprint density at radius 3 is 2.14 bits per heavy atom. The van der Waals surface area contributed by atoms with Crippen molar-refractivity contribution in [2.45, 2.75) is 27.7 Å². The number of ketones is 1. The number of hydrogen-bond acceptors (Lipinski definition) is 6. The molecule has 0 bridgehead atoms. The standard InChI is InChI=1S/C15H17NO5/c1-5-21-15(19)14(18)12(16-20)13(17)11-9(3)6-8(2)7-10(11)4/h6-7,17H,5H2,1-4H3. The number of carbonyl (C=O) groups excluding carboxylic acids is 2. The lowest BCUT2D eigenvalue weighted by atomic mass is 9.97. The molecule has 6 nitrogen and oxygen atoms in total. The van der Waals surface area contributed by atoms with E-state index in [-0.39, 0.29) is 6.61 Å². The van der Waals surface area contributed by atoms with E-state index in [9.17, 15) is 19.6 Å². The quantitative estimate of drug-likeness (QED) is 0.296. The van der Waals surface area contributed by atoms with Crippen molar-refractivity contribution in [2.24, 2.45) is 5.18 Å². The van der Waals surface area contributed by atoms with Crippen LogP contribution in [0.15, 0.2) is 23.0 Å². The monoisotopic (exact) mass is 291 g/mol. The smallest absolute Gasteiger partial charge is 0.381 e. The van der Waals surface area contributed by atoms with E-state index in [2.05, 4.69) is 9.91 Å². The van der Waals surface area contributed by atoms with Crippen molar-refractivity contribution in [1.82, 2.24) is 0 Å². The van der Waals surface area contributed by atoms with Crippen molar-refractivity contribution in [3.8, 4) is 0 Å². The summed E-state index contributed by atoms with van der Waals surface area (Å²) in [6.07, 6.45) is 0. The van der Waals surface area contributed by atoms with Crippen LogP contribution in [0.5, 0.6) is 0 Å². The third-order valence-corrected chi connectivity index (χ3v) is 2.91. The summed E-state index contributed by atoms with van der Waals surface area (Å²) in [5, 5.41) is 12.7. The number of nitrogens with zero attached hydrogens (tertiary/aromatic N) is 1. The Morgan fingerprint density at radius 1 is 1.19 bits per heavy atom. The van der Waals surface area contributed by atoms with Gasteiger partial charge in [-0.3, -0.25) is 4.79 Å². The maximum atomic E-state index is 11.8. The van der Waals surface area contributed by atoms with Gasteiger partial charge in [0.1, 0.15) is 0 Å². The Bertz CT molecular complexity index is 608. The first-order chi connectivity index (χ1) is 9.83. The van der Waals surface area contributed by atoms with Crippen molar-refractivity contribution in [1.29, 1.82) is 0 Å². The zero-order valence-electron chi connectivity index (χ0n) is 12.4. The van der Waals surface area contributed by atoms with Crippen molar-refractivity contribution >= 4 is 17.5 Å². The van der Waals surface area contributed by atoms with E-state index in [1.54, 1.807) is 26.0 Å². The summed E-state index contributed by atoms with van der Waals surface area (Å²) in [6, 6.07) is 3.58. The van der Waals surface area contributed by atoms with Crippen molar-refractivity contribution < 1.29 is 19.4 Å². The number of nitroso groups, excluding NO2 is 1. The van der Waals surface area contributed by atoms with Gasteiger partial charge in [-0.15, -0.1) is 4.91 Å². The largest absolute Gasteiger partial charge is 0.505 e. The highest BCUT2D eigenvalue weighted by Gasteiger charge is 2.27. The normalized spacial score (nSPS) is 11.6. The molecule has 1 aromatic carbocycles. The molecule has 0 spiro atoms. The molecule has 1 N–H and O–H groups in total. The summed E-state index contributed by atoms with van der Waals surface area (Å²) < 4.78 is 4.52. The van der Waals surface area contributed by atoms with Crippen LogP contribution in [0, 0.1) is 25.7 Å². The van der Waals surface area contributed by atoms with Crippen LogP contribution in [-0.4, -0.2) is 23.5 Å². The summed E-state index contributed by atoms with van der Waals surface area (Å²) in [6.45, 7) is 6.84. The van der Waals surface area contributed by atoms with E-state index in [4.69, 9.17) is 0 Å². The number of rotatable bonds is 5. The van der Waals surface area contributed by atoms with Crippen LogP contribution >= 0.6 is 0 Å². The summed E-state index contributed by atoms with van der Waals surface area (Å²) in [4.78, 5) is 34.0. The molecule has 0 saturated heterocycles. The number of benzene rings is 1. The lowest BCUT2D eigenvalue weighted by molar-refractivity contribution is -0.151. The van der Waals surface area contributed by atoms with Crippen LogP contribution in [0.4, 0.5) is 0 Å². The number of aliphatic hydroxyl groups is 1. The predicted octanol–water partition coefficient (Wildman–Crippen LogP) is 2.74. The Kier molecular flexibility index (Phi) is 5.35. The zero-order valence-corrected chi connectivity index (χ0v) is 12.4. The number of aliphatic hydroxyl groups excluding tert-OH is 1. The van der Waals surface area contributed by atoms with Gasteiger partial charge >= 0.3 is 5.97 Å². The lowest BCUT2D eigenvalue weighted by Gasteiger charge is -2.11. The number of esters is 1.